The lowest BCUT2D eigenvalue weighted by atomic mass is 10.1. The second kappa shape index (κ2) is 8.58. The molecule has 27 heavy (non-hydrogen) atoms. The molecule has 0 aliphatic rings. The Balaban J connectivity index is 1.71. The van der Waals surface area contributed by atoms with Gasteiger partial charge in [-0.1, -0.05) is 60.2 Å². The molecule has 0 unspecified atom stereocenters. The van der Waals surface area contributed by atoms with E-state index < -0.39 is 5.91 Å². The molecule has 3 aromatic carbocycles. The van der Waals surface area contributed by atoms with Gasteiger partial charge in [0.2, 0.25) is 0 Å². The highest BCUT2D eigenvalue weighted by Gasteiger charge is 2.13. The van der Waals surface area contributed by atoms with Crippen LogP contribution in [-0.4, -0.2) is 18.0 Å². The van der Waals surface area contributed by atoms with Crippen molar-refractivity contribution in [3.8, 4) is 0 Å². The number of hydrogen-bond donors (Lipinski definition) is 2. The molecule has 0 aliphatic heterocycles. The van der Waals surface area contributed by atoms with E-state index in [4.69, 9.17) is 0 Å². The molecule has 0 fully saturated rings. The molecule has 0 spiro atoms. The average Bonchev–Trinajstić information content (AvgIpc) is 2.69. The molecule has 0 atom stereocenters. The zero-order valence-electron chi connectivity index (χ0n) is 14.8. The number of nitrogens with zero attached hydrogens (tertiary/aromatic N) is 1. The Morgan fingerprint density at radius 3 is 2.22 bits per heavy atom. The number of nitrogens with one attached hydrogen (secondary N) is 2. The van der Waals surface area contributed by atoms with E-state index in [9.17, 15) is 9.59 Å². The number of amides is 2. The second-order valence-corrected chi connectivity index (χ2v) is 5.98. The van der Waals surface area contributed by atoms with Crippen LogP contribution < -0.4 is 10.7 Å². The first-order valence-electron chi connectivity index (χ1n) is 8.49. The van der Waals surface area contributed by atoms with Crippen LogP contribution in [0.5, 0.6) is 0 Å². The van der Waals surface area contributed by atoms with Gasteiger partial charge >= 0.3 is 0 Å². The van der Waals surface area contributed by atoms with E-state index in [1.807, 2.05) is 49.4 Å². The van der Waals surface area contributed by atoms with Crippen LogP contribution in [0.1, 0.15) is 31.8 Å². The number of hydrogen-bond acceptors (Lipinski definition) is 3. The van der Waals surface area contributed by atoms with Gasteiger partial charge in [0.05, 0.1) is 17.5 Å². The summed E-state index contributed by atoms with van der Waals surface area (Å²) < 4.78 is 0. The molecule has 2 amide bonds. The van der Waals surface area contributed by atoms with Gasteiger partial charge in [-0.05, 0) is 36.8 Å². The van der Waals surface area contributed by atoms with Crippen molar-refractivity contribution in [2.45, 2.75) is 6.92 Å². The number of aryl methyl sites for hydroxylation is 1. The van der Waals surface area contributed by atoms with Crippen molar-refractivity contribution in [1.29, 1.82) is 0 Å². The fourth-order valence-corrected chi connectivity index (χ4v) is 2.45. The third-order valence-corrected chi connectivity index (χ3v) is 3.91. The van der Waals surface area contributed by atoms with Gasteiger partial charge in [0, 0.05) is 5.56 Å². The van der Waals surface area contributed by atoms with Gasteiger partial charge in [-0.3, -0.25) is 9.59 Å². The Bertz CT molecular complexity index is 964. The van der Waals surface area contributed by atoms with Crippen molar-refractivity contribution in [1.82, 2.24) is 5.43 Å². The first-order chi connectivity index (χ1) is 13.1. The summed E-state index contributed by atoms with van der Waals surface area (Å²) in [5.41, 5.74) is 5.72. The molecule has 2 N–H and O–H groups in total. The van der Waals surface area contributed by atoms with E-state index in [1.54, 1.807) is 42.6 Å². The molecule has 0 heterocycles. The monoisotopic (exact) mass is 357 g/mol. The summed E-state index contributed by atoms with van der Waals surface area (Å²) in [5.74, 6) is -0.676. The lowest BCUT2D eigenvalue weighted by molar-refractivity contribution is 0.0956. The van der Waals surface area contributed by atoms with Gasteiger partial charge in [-0.2, -0.15) is 5.10 Å². The lowest BCUT2D eigenvalue weighted by Gasteiger charge is -2.10. The fourth-order valence-electron chi connectivity index (χ4n) is 2.45. The normalized spacial score (nSPS) is 10.6. The highest BCUT2D eigenvalue weighted by molar-refractivity contribution is 6.09. The lowest BCUT2D eigenvalue weighted by Crippen LogP contribution is -2.21. The van der Waals surface area contributed by atoms with Crippen molar-refractivity contribution < 1.29 is 9.59 Å². The Labute approximate surface area is 157 Å². The Kier molecular flexibility index (Phi) is 5.74. The number of benzene rings is 3. The van der Waals surface area contributed by atoms with E-state index in [1.165, 1.54) is 0 Å². The minimum absolute atomic E-state index is 0.275. The summed E-state index contributed by atoms with van der Waals surface area (Å²) in [6.45, 7) is 1.96. The molecule has 3 aromatic rings. The van der Waals surface area contributed by atoms with Gasteiger partial charge in [0.25, 0.3) is 11.8 Å². The Morgan fingerprint density at radius 2 is 1.48 bits per heavy atom. The smallest absolute Gasteiger partial charge is 0.273 e. The molecule has 5 heteroatoms. The Morgan fingerprint density at radius 1 is 0.815 bits per heavy atom. The first kappa shape index (κ1) is 18.1. The first-order valence-corrected chi connectivity index (χ1v) is 8.49. The molecule has 0 aromatic heterocycles. The number of hydrazone groups is 1. The Hall–Kier alpha value is -3.73. The van der Waals surface area contributed by atoms with Gasteiger partial charge in [-0.15, -0.1) is 0 Å². The van der Waals surface area contributed by atoms with Crippen molar-refractivity contribution in [2.75, 3.05) is 5.32 Å². The number of carbonyl (C=O) groups excluding carboxylic acids is 2. The fraction of sp³-hybridized carbons (Fsp3) is 0.0455. The molecule has 0 saturated heterocycles. The van der Waals surface area contributed by atoms with Crippen molar-refractivity contribution >= 4 is 23.7 Å². The predicted octanol–water partition coefficient (Wildman–Crippen LogP) is 4.01. The van der Waals surface area contributed by atoms with Crippen LogP contribution in [0, 0.1) is 6.92 Å². The maximum Gasteiger partial charge on any atom is 0.273 e. The van der Waals surface area contributed by atoms with Gasteiger partial charge in [-0.25, -0.2) is 5.43 Å². The summed E-state index contributed by atoms with van der Waals surface area (Å²) in [4.78, 5) is 24.9. The van der Waals surface area contributed by atoms with Crippen LogP contribution in [0.25, 0.3) is 0 Å². The summed E-state index contributed by atoms with van der Waals surface area (Å²) in [6, 6.07) is 23.5. The largest absolute Gasteiger partial charge is 0.321 e. The minimum Gasteiger partial charge on any atom is -0.321 e. The molecule has 134 valence electrons. The highest BCUT2D eigenvalue weighted by atomic mass is 16.2. The van der Waals surface area contributed by atoms with Gasteiger partial charge < -0.3 is 5.32 Å². The van der Waals surface area contributed by atoms with Gasteiger partial charge in [0.1, 0.15) is 0 Å². The van der Waals surface area contributed by atoms with Crippen molar-refractivity contribution in [3.05, 3.63) is 101 Å². The highest BCUT2D eigenvalue weighted by Crippen LogP contribution is 2.16. The minimum atomic E-state index is -0.401. The molecule has 5 nitrogen and oxygen atoms in total. The molecular formula is C22H19N3O2. The van der Waals surface area contributed by atoms with E-state index >= 15 is 0 Å². The van der Waals surface area contributed by atoms with Crippen LogP contribution in [0.3, 0.4) is 0 Å². The van der Waals surface area contributed by atoms with E-state index in [0.717, 1.165) is 11.1 Å². The molecular weight excluding hydrogens is 338 g/mol. The SMILES string of the molecule is Cc1ccc(C(=O)Nc2ccccc2C(=O)N/N=C/c2ccccc2)cc1. The molecule has 0 aliphatic carbocycles. The van der Waals surface area contributed by atoms with E-state index in [2.05, 4.69) is 15.8 Å². The van der Waals surface area contributed by atoms with Crippen LogP contribution >= 0.6 is 0 Å². The summed E-state index contributed by atoms with van der Waals surface area (Å²) in [5, 5.41) is 6.75. The number of carbonyl (C=O) groups is 2. The van der Waals surface area contributed by atoms with Crippen molar-refractivity contribution in [2.24, 2.45) is 5.10 Å². The standard InChI is InChI=1S/C22H19N3O2/c1-16-11-13-18(14-12-16)21(26)24-20-10-6-5-9-19(20)22(27)25-23-15-17-7-3-2-4-8-17/h2-15H,1H3,(H,24,26)(H,25,27)/b23-15+. The number of rotatable bonds is 5. The van der Waals surface area contributed by atoms with Crippen LogP contribution in [0.2, 0.25) is 0 Å². The number of para-hydroxylation sites is 1. The molecule has 3 rings (SSSR count). The predicted molar refractivity (Wildman–Crippen MR) is 107 cm³/mol. The number of anilines is 1. The quantitative estimate of drug-likeness (QED) is 0.535. The van der Waals surface area contributed by atoms with Gasteiger partial charge in [0.15, 0.2) is 0 Å². The van der Waals surface area contributed by atoms with Crippen LogP contribution in [0.15, 0.2) is 84.0 Å². The topological polar surface area (TPSA) is 70.6 Å². The molecule has 0 bridgehead atoms. The third-order valence-electron chi connectivity index (χ3n) is 3.91. The zero-order chi connectivity index (χ0) is 19.1. The van der Waals surface area contributed by atoms with E-state index in [0.29, 0.717) is 16.8 Å². The third kappa shape index (κ3) is 4.89. The summed E-state index contributed by atoms with van der Waals surface area (Å²) in [6.07, 6.45) is 1.56. The van der Waals surface area contributed by atoms with Crippen molar-refractivity contribution in [3.63, 3.8) is 0 Å². The second-order valence-electron chi connectivity index (χ2n) is 5.98. The van der Waals surface area contributed by atoms with Crippen LogP contribution in [-0.2, 0) is 0 Å². The zero-order valence-corrected chi connectivity index (χ0v) is 14.8. The average molecular weight is 357 g/mol. The van der Waals surface area contributed by atoms with E-state index in [-0.39, 0.29) is 5.91 Å². The maximum atomic E-state index is 12.4. The molecule has 0 radical (unpaired) electrons. The summed E-state index contributed by atoms with van der Waals surface area (Å²) >= 11 is 0. The summed E-state index contributed by atoms with van der Waals surface area (Å²) in [7, 11) is 0. The molecule has 0 saturated carbocycles. The maximum absolute atomic E-state index is 12.4. The van der Waals surface area contributed by atoms with Crippen LogP contribution in [0.4, 0.5) is 5.69 Å².